The van der Waals surface area contributed by atoms with E-state index in [1.807, 2.05) is 6.92 Å². The number of hydrogen-bond donors (Lipinski definition) is 1. The van der Waals surface area contributed by atoms with Crippen molar-refractivity contribution < 1.29 is 14.6 Å². The van der Waals surface area contributed by atoms with Crippen LogP contribution in [-0.4, -0.2) is 66.9 Å². The van der Waals surface area contributed by atoms with Crippen LogP contribution in [0.3, 0.4) is 0 Å². The molecule has 82 valence electrons. The highest BCUT2D eigenvalue weighted by molar-refractivity contribution is 5.74. The van der Waals surface area contributed by atoms with E-state index in [2.05, 4.69) is 0 Å². The van der Waals surface area contributed by atoms with Crippen LogP contribution in [0.4, 0.5) is 4.79 Å². The van der Waals surface area contributed by atoms with Crippen LogP contribution < -0.4 is 0 Å². The van der Waals surface area contributed by atoms with Crippen LogP contribution in [0.5, 0.6) is 0 Å². The average Bonchev–Trinajstić information content (AvgIpc) is 2.27. The molecule has 14 heavy (non-hydrogen) atoms. The molecular weight excluding hydrogens is 184 g/mol. The number of hydrogen-bond acceptors (Lipinski definition) is 3. The largest absolute Gasteiger partial charge is 0.394 e. The summed E-state index contributed by atoms with van der Waals surface area (Å²) in [5.41, 5.74) is 0. The van der Waals surface area contributed by atoms with Crippen molar-refractivity contribution in [3.05, 3.63) is 0 Å². The zero-order chi connectivity index (χ0) is 10.6. The third kappa shape index (κ3) is 2.59. The monoisotopic (exact) mass is 202 g/mol. The minimum atomic E-state index is -0.134. The Morgan fingerprint density at radius 1 is 1.57 bits per heavy atom. The molecule has 0 aromatic heterocycles. The number of carbonyl (C=O) groups is 1. The number of aliphatic hydroxyl groups excluding tert-OH is 1. The van der Waals surface area contributed by atoms with Gasteiger partial charge < -0.3 is 19.6 Å². The van der Waals surface area contributed by atoms with Gasteiger partial charge in [0.05, 0.1) is 25.9 Å². The molecule has 0 aromatic carbocycles. The molecule has 1 saturated heterocycles. The molecule has 1 N–H and O–H groups in total. The first kappa shape index (κ1) is 11.3. The van der Waals surface area contributed by atoms with Crippen LogP contribution in [0, 0.1) is 0 Å². The summed E-state index contributed by atoms with van der Waals surface area (Å²) in [4.78, 5) is 15.1. The van der Waals surface area contributed by atoms with Crippen molar-refractivity contribution in [2.45, 2.75) is 13.0 Å². The number of nitrogens with zero attached hydrogens (tertiary/aromatic N) is 2. The van der Waals surface area contributed by atoms with E-state index in [9.17, 15) is 4.79 Å². The summed E-state index contributed by atoms with van der Waals surface area (Å²) in [6.45, 7) is 4.30. The summed E-state index contributed by atoms with van der Waals surface area (Å²) in [6.07, 6.45) is 0. The molecule has 1 unspecified atom stereocenters. The van der Waals surface area contributed by atoms with Crippen LogP contribution >= 0.6 is 0 Å². The zero-order valence-corrected chi connectivity index (χ0v) is 8.77. The Morgan fingerprint density at radius 3 is 2.64 bits per heavy atom. The molecular formula is C9H18N2O3. The summed E-state index contributed by atoms with van der Waals surface area (Å²) >= 11 is 0. The summed E-state index contributed by atoms with van der Waals surface area (Å²) in [6, 6.07) is -0.166. The molecule has 0 saturated carbocycles. The SMILES string of the molecule is CC(CO)N(C)C(=O)N1CCOCC1. The standard InChI is InChI=1S/C9H18N2O3/c1-8(7-12)10(2)9(13)11-3-5-14-6-4-11/h8,12H,3-7H2,1-2H3. The molecule has 0 radical (unpaired) electrons. The highest BCUT2D eigenvalue weighted by Gasteiger charge is 2.22. The van der Waals surface area contributed by atoms with Crippen LogP contribution in [0.2, 0.25) is 0 Å². The molecule has 0 aromatic rings. The van der Waals surface area contributed by atoms with Crippen LogP contribution in [-0.2, 0) is 4.74 Å². The third-order valence-electron chi connectivity index (χ3n) is 2.51. The third-order valence-corrected chi connectivity index (χ3v) is 2.51. The Hall–Kier alpha value is -0.810. The van der Waals surface area contributed by atoms with Gasteiger partial charge in [-0.05, 0) is 6.92 Å². The average molecular weight is 202 g/mol. The van der Waals surface area contributed by atoms with Gasteiger partial charge in [0, 0.05) is 20.1 Å². The van der Waals surface area contributed by atoms with E-state index in [4.69, 9.17) is 9.84 Å². The lowest BCUT2D eigenvalue weighted by molar-refractivity contribution is 0.0399. The van der Waals surface area contributed by atoms with Gasteiger partial charge in [-0.1, -0.05) is 0 Å². The van der Waals surface area contributed by atoms with Crippen LogP contribution in [0.15, 0.2) is 0 Å². The molecule has 1 rings (SSSR count). The second kappa shape index (κ2) is 5.17. The summed E-state index contributed by atoms with van der Waals surface area (Å²) in [5, 5.41) is 8.92. The molecule has 1 aliphatic heterocycles. The Labute approximate surface area is 84.2 Å². The summed E-state index contributed by atoms with van der Waals surface area (Å²) in [7, 11) is 1.71. The molecule has 2 amide bonds. The molecule has 5 heteroatoms. The first-order chi connectivity index (χ1) is 6.66. The highest BCUT2D eigenvalue weighted by atomic mass is 16.5. The van der Waals surface area contributed by atoms with Crippen molar-refractivity contribution in [2.75, 3.05) is 40.0 Å². The lowest BCUT2D eigenvalue weighted by Crippen LogP contribution is -2.50. The van der Waals surface area contributed by atoms with Crippen molar-refractivity contribution in [2.24, 2.45) is 0 Å². The van der Waals surface area contributed by atoms with E-state index >= 15 is 0 Å². The molecule has 5 nitrogen and oxygen atoms in total. The van der Waals surface area contributed by atoms with E-state index in [1.165, 1.54) is 0 Å². The van der Waals surface area contributed by atoms with Gasteiger partial charge >= 0.3 is 6.03 Å². The van der Waals surface area contributed by atoms with Crippen molar-refractivity contribution >= 4 is 6.03 Å². The minimum absolute atomic E-state index is 0.00736. The number of rotatable bonds is 2. The zero-order valence-electron chi connectivity index (χ0n) is 8.77. The van der Waals surface area contributed by atoms with Crippen LogP contribution in [0.1, 0.15) is 6.92 Å². The van der Waals surface area contributed by atoms with Gasteiger partial charge in [0.2, 0.25) is 0 Å². The molecule has 1 atom stereocenters. The van der Waals surface area contributed by atoms with E-state index in [0.717, 1.165) is 0 Å². The quantitative estimate of drug-likeness (QED) is 0.672. The maximum absolute atomic E-state index is 11.8. The van der Waals surface area contributed by atoms with Gasteiger partial charge in [-0.3, -0.25) is 0 Å². The van der Waals surface area contributed by atoms with Gasteiger partial charge in [0.25, 0.3) is 0 Å². The Bertz CT molecular complexity index is 188. The second-order valence-electron chi connectivity index (χ2n) is 3.52. The topological polar surface area (TPSA) is 53.0 Å². The van der Waals surface area contributed by atoms with Crippen molar-refractivity contribution in [1.82, 2.24) is 9.80 Å². The van der Waals surface area contributed by atoms with Crippen molar-refractivity contribution in [3.63, 3.8) is 0 Å². The van der Waals surface area contributed by atoms with Gasteiger partial charge in [-0.15, -0.1) is 0 Å². The Balaban J connectivity index is 2.46. The second-order valence-corrected chi connectivity index (χ2v) is 3.52. The molecule has 1 fully saturated rings. The first-order valence-corrected chi connectivity index (χ1v) is 4.87. The number of carbonyl (C=O) groups excluding carboxylic acids is 1. The molecule has 0 aliphatic carbocycles. The predicted molar refractivity (Wildman–Crippen MR) is 52.1 cm³/mol. The van der Waals surface area contributed by atoms with E-state index in [0.29, 0.717) is 26.3 Å². The van der Waals surface area contributed by atoms with Crippen molar-refractivity contribution in [1.29, 1.82) is 0 Å². The smallest absolute Gasteiger partial charge is 0.320 e. The lowest BCUT2D eigenvalue weighted by atomic mass is 10.3. The van der Waals surface area contributed by atoms with E-state index in [-0.39, 0.29) is 18.7 Å². The maximum atomic E-state index is 11.8. The number of likely N-dealkylation sites (N-methyl/N-ethyl adjacent to an activating group) is 1. The van der Waals surface area contributed by atoms with Gasteiger partial charge in [-0.25, -0.2) is 4.79 Å². The maximum Gasteiger partial charge on any atom is 0.320 e. The molecule has 0 bridgehead atoms. The number of amides is 2. The number of aliphatic hydroxyl groups is 1. The van der Waals surface area contributed by atoms with Crippen molar-refractivity contribution in [3.8, 4) is 0 Å². The van der Waals surface area contributed by atoms with Gasteiger partial charge in [0.1, 0.15) is 0 Å². The Morgan fingerprint density at radius 2 is 2.14 bits per heavy atom. The summed E-state index contributed by atoms with van der Waals surface area (Å²) in [5.74, 6) is 0. The fourth-order valence-corrected chi connectivity index (χ4v) is 1.29. The van der Waals surface area contributed by atoms with Crippen LogP contribution in [0.25, 0.3) is 0 Å². The number of morpholine rings is 1. The lowest BCUT2D eigenvalue weighted by Gasteiger charge is -2.33. The van der Waals surface area contributed by atoms with E-state index < -0.39 is 0 Å². The number of urea groups is 1. The fraction of sp³-hybridized carbons (Fsp3) is 0.889. The normalized spacial score (nSPS) is 19.2. The highest BCUT2D eigenvalue weighted by Crippen LogP contribution is 2.04. The predicted octanol–water partition coefficient (Wildman–Crippen LogP) is -0.249. The minimum Gasteiger partial charge on any atom is -0.394 e. The van der Waals surface area contributed by atoms with Gasteiger partial charge in [0.15, 0.2) is 0 Å². The Kier molecular flexibility index (Phi) is 4.16. The fourth-order valence-electron chi connectivity index (χ4n) is 1.29. The molecule has 0 spiro atoms. The summed E-state index contributed by atoms with van der Waals surface area (Å²) < 4.78 is 5.15. The van der Waals surface area contributed by atoms with E-state index in [1.54, 1.807) is 16.8 Å². The number of ether oxygens (including phenoxy) is 1. The molecule has 1 aliphatic rings. The first-order valence-electron chi connectivity index (χ1n) is 4.87. The van der Waals surface area contributed by atoms with Gasteiger partial charge in [-0.2, -0.15) is 0 Å². The molecule has 1 heterocycles.